The molecule has 0 saturated carbocycles. The van der Waals surface area contributed by atoms with E-state index in [1.54, 1.807) is 12.1 Å². The molecule has 0 bridgehead atoms. The number of hydrogen-bond donors (Lipinski definition) is 0. The number of benzene rings is 3. The summed E-state index contributed by atoms with van der Waals surface area (Å²) < 4.78 is 18.2. The second-order valence-corrected chi connectivity index (χ2v) is 8.63. The van der Waals surface area contributed by atoms with Crippen LogP contribution in [0.2, 0.25) is 0 Å². The fraction of sp³-hybridized carbons (Fsp3) is 0.174. The number of ether oxygens (including phenoxy) is 3. The van der Waals surface area contributed by atoms with Crippen molar-refractivity contribution in [3.63, 3.8) is 0 Å². The lowest BCUT2D eigenvalue weighted by Crippen LogP contribution is -2.33. The SMILES string of the molecule is O=[N+]([O-])c1cccc([C@@H]2Oc3ccc(Br)cc3[C@H]3CC(c4ccc5c(c4)OCO5)=NN32)c1. The number of rotatable bonds is 3. The Hall–Kier alpha value is -3.59. The number of nitro benzene ring substituents is 1. The van der Waals surface area contributed by atoms with Crippen molar-refractivity contribution in [1.82, 2.24) is 5.01 Å². The topological polar surface area (TPSA) is 86.4 Å². The van der Waals surface area contributed by atoms with E-state index >= 15 is 0 Å². The van der Waals surface area contributed by atoms with Gasteiger partial charge >= 0.3 is 0 Å². The van der Waals surface area contributed by atoms with E-state index in [9.17, 15) is 10.1 Å². The van der Waals surface area contributed by atoms with Crippen LogP contribution in [0.15, 0.2) is 70.2 Å². The first-order chi connectivity index (χ1) is 15.6. The lowest BCUT2D eigenvalue weighted by molar-refractivity contribution is -0.385. The van der Waals surface area contributed by atoms with Gasteiger partial charge in [-0.05, 0) is 36.4 Å². The minimum Gasteiger partial charge on any atom is -0.464 e. The monoisotopic (exact) mass is 493 g/mol. The van der Waals surface area contributed by atoms with Crippen LogP contribution in [0.1, 0.15) is 35.4 Å². The van der Waals surface area contributed by atoms with Crippen LogP contribution in [0.4, 0.5) is 5.69 Å². The summed E-state index contributed by atoms with van der Waals surface area (Å²) in [5.74, 6) is 2.16. The molecule has 32 heavy (non-hydrogen) atoms. The van der Waals surface area contributed by atoms with Gasteiger partial charge in [0, 0.05) is 39.7 Å². The molecule has 3 aliphatic rings. The minimum atomic E-state index is -0.583. The van der Waals surface area contributed by atoms with E-state index in [4.69, 9.17) is 19.3 Å². The molecule has 0 unspecified atom stereocenters. The van der Waals surface area contributed by atoms with Gasteiger partial charge in [0.25, 0.3) is 5.69 Å². The molecule has 3 heterocycles. The summed E-state index contributed by atoms with van der Waals surface area (Å²) in [6, 6.07) is 18.1. The van der Waals surface area contributed by atoms with Crippen molar-refractivity contribution in [2.75, 3.05) is 6.79 Å². The summed E-state index contributed by atoms with van der Waals surface area (Å²) in [5, 5.41) is 18.1. The van der Waals surface area contributed by atoms with E-state index in [1.165, 1.54) is 6.07 Å². The van der Waals surface area contributed by atoms with E-state index in [1.807, 2.05) is 47.5 Å². The number of nitro groups is 1. The van der Waals surface area contributed by atoms with Crippen molar-refractivity contribution in [1.29, 1.82) is 0 Å². The van der Waals surface area contributed by atoms with Gasteiger partial charge in [0.15, 0.2) is 11.5 Å². The zero-order chi connectivity index (χ0) is 21.8. The maximum atomic E-state index is 11.3. The van der Waals surface area contributed by atoms with E-state index in [2.05, 4.69) is 15.9 Å². The highest BCUT2D eigenvalue weighted by atomic mass is 79.9. The third-order valence-corrected chi connectivity index (χ3v) is 6.32. The quantitative estimate of drug-likeness (QED) is 0.362. The predicted octanol–water partition coefficient (Wildman–Crippen LogP) is 5.33. The van der Waals surface area contributed by atoms with Crippen molar-refractivity contribution in [3.05, 3.63) is 91.9 Å². The number of nitrogens with zero attached hydrogens (tertiary/aromatic N) is 3. The van der Waals surface area contributed by atoms with E-state index < -0.39 is 11.2 Å². The maximum absolute atomic E-state index is 11.3. The van der Waals surface area contributed by atoms with Crippen LogP contribution in [0.3, 0.4) is 0 Å². The molecule has 0 saturated heterocycles. The average molecular weight is 494 g/mol. The summed E-state index contributed by atoms with van der Waals surface area (Å²) in [6.45, 7) is 0.212. The largest absolute Gasteiger partial charge is 0.464 e. The third-order valence-electron chi connectivity index (χ3n) is 5.82. The summed E-state index contributed by atoms with van der Waals surface area (Å²) >= 11 is 3.55. The molecule has 8 nitrogen and oxygen atoms in total. The zero-order valence-corrected chi connectivity index (χ0v) is 18.2. The fourth-order valence-electron chi connectivity index (χ4n) is 4.32. The molecule has 0 fully saturated rings. The van der Waals surface area contributed by atoms with Crippen LogP contribution in [0, 0.1) is 10.1 Å². The van der Waals surface area contributed by atoms with Gasteiger partial charge in [-0.1, -0.05) is 28.1 Å². The molecule has 6 rings (SSSR count). The van der Waals surface area contributed by atoms with Crippen molar-refractivity contribution in [2.45, 2.75) is 18.7 Å². The Kier molecular flexibility index (Phi) is 4.32. The number of halogens is 1. The van der Waals surface area contributed by atoms with Gasteiger partial charge in [0.1, 0.15) is 5.75 Å². The lowest BCUT2D eigenvalue weighted by atomic mass is 9.95. The second kappa shape index (κ2) is 7.23. The summed E-state index contributed by atoms with van der Waals surface area (Å²) in [4.78, 5) is 10.9. The average Bonchev–Trinajstić information content (AvgIpc) is 3.45. The Bertz CT molecular complexity index is 1290. The molecule has 160 valence electrons. The number of non-ortho nitro benzene ring substituents is 1. The molecule has 3 aliphatic heterocycles. The second-order valence-electron chi connectivity index (χ2n) is 7.72. The Balaban J connectivity index is 1.44. The minimum absolute atomic E-state index is 0.0171. The van der Waals surface area contributed by atoms with Gasteiger partial charge in [-0.25, -0.2) is 5.01 Å². The van der Waals surface area contributed by atoms with Crippen molar-refractivity contribution >= 4 is 27.3 Å². The van der Waals surface area contributed by atoms with Gasteiger partial charge in [-0.3, -0.25) is 10.1 Å². The van der Waals surface area contributed by atoms with Gasteiger partial charge in [0.05, 0.1) is 16.7 Å². The van der Waals surface area contributed by atoms with Gasteiger partial charge < -0.3 is 14.2 Å². The van der Waals surface area contributed by atoms with Crippen LogP contribution >= 0.6 is 15.9 Å². The van der Waals surface area contributed by atoms with Crippen molar-refractivity contribution in [3.8, 4) is 17.2 Å². The van der Waals surface area contributed by atoms with Crippen molar-refractivity contribution in [2.24, 2.45) is 5.10 Å². The maximum Gasteiger partial charge on any atom is 0.269 e. The number of hydrazone groups is 1. The number of hydrogen-bond acceptors (Lipinski definition) is 7. The molecule has 0 aromatic heterocycles. The first-order valence-corrected chi connectivity index (χ1v) is 10.8. The summed E-state index contributed by atoms with van der Waals surface area (Å²) in [5.41, 5.74) is 3.54. The van der Waals surface area contributed by atoms with Crippen LogP contribution < -0.4 is 14.2 Å². The molecule has 2 atom stereocenters. The first-order valence-electron chi connectivity index (χ1n) is 10.0. The van der Waals surface area contributed by atoms with Gasteiger partial charge in [-0.2, -0.15) is 5.10 Å². The normalized spacial score (nSPS) is 20.3. The summed E-state index contributed by atoms with van der Waals surface area (Å²) in [7, 11) is 0. The molecule has 0 radical (unpaired) electrons. The molecule has 3 aromatic rings. The lowest BCUT2D eigenvalue weighted by Gasteiger charge is -2.38. The fourth-order valence-corrected chi connectivity index (χ4v) is 4.70. The molecular formula is C23H16BrN3O5. The van der Waals surface area contributed by atoms with E-state index in [-0.39, 0.29) is 18.5 Å². The highest BCUT2D eigenvalue weighted by Gasteiger charge is 2.41. The van der Waals surface area contributed by atoms with E-state index in [0.717, 1.165) is 32.8 Å². The standard InChI is InChI=1S/C23H16BrN3O5/c24-15-5-7-20-17(10-15)19-11-18(13-4-6-21-22(9-13)31-12-30-21)25-26(19)23(32-20)14-2-1-3-16(8-14)27(28)29/h1-10,19,23H,11-12H2/t19-,23+/m1/s1. The third kappa shape index (κ3) is 3.08. The Morgan fingerprint density at radius 3 is 2.75 bits per heavy atom. The Morgan fingerprint density at radius 1 is 1.03 bits per heavy atom. The Labute approximate surface area is 191 Å². The van der Waals surface area contributed by atoms with Crippen LogP contribution in [-0.4, -0.2) is 22.4 Å². The van der Waals surface area contributed by atoms with Crippen molar-refractivity contribution < 1.29 is 19.1 Å². The highest BCUT2D eigenvalue weighted by molar-refractivity contribution is 9.10. The predicted molar refractivity (Wildman–Crippen MR) is 119 cm³/mol. The zero-order valence-electron chi connectivity index (χ0n) is 16.6. The smallest absolute Gasteiger partial charge is 0.269 e. The first kappa shape index (κ1) is 19.1. The molecule has 0 aliphatic carbocycles. The molecule has 0 amide bonds. The number of fused-ring (bicyclic) bond motifs is 4. The molecule has 0 spiro atoms. The Morgan fingerprint density at radius 2 is 1.88 bits per heavy atom. The molecule has 0 N–H and O–H groups in total. The van der Waals surface area contributed by atoms with Crippen LogP contribution in [0.25, 0.3) is 0 Å². The summed E-state index contributed by atoms with van der Waals surface area (Å²) in [6.07, 6.45) is 0.0813. The van der Waals surface area contributed by atoms with Gasteiger partial charge in [-0.15, -0.1) is 0 Å². The van der Waals surface area contributed by atoms with Gasteiger partial charge in [0.2, 0.25) is 13.0 Å². The van der Waals surface area contributed by atoms with Crippen LogP contribution in [-0.2, 0) is 0 Å². The highest BCUT2D eigenvalue weighted by Crippen LogP contribution is 2.48. The molecule has 9 heteroatoms. The van der Waals surface area contributed by atoms with E-state index in [0.29, 0.717) is 17.7 Å². The van der Waals surface area contributed by atoms with Crippen LogP contribution in [0.5, 0.6) is 17.2 Å². The molecular weight excluding hydrogens is 478 g/mol. The molecule has 3 aromatic carbocycles.